The van der Waals surface area contributed by atoms with E-state index in [1.165, 1.54) is 11.3 Å². The molecule has 1 aromatic heterocycles. The molecule has 8 heteroatoms. The van der Waals surface area contributed by atoms with E-state index in [-0.39, 0.29) is 25.0 Å². The number of rotatable bonds is 4. The van der Waals surface area contributed by atoms with Crippen molar-refractivity contribution in [2.24, 2.45) is 5.73 Å². The van der Waals surface area contributed by atoms with E-state index in [1.807, 2.05) is 32.0 Å². The number of likely N-dealkylation sites (N-methyl/N-ethyl adjacent to an activating group) is 1. The Balaban J connectivity index is 1.98. The van der Waals surface area contributed by atoms with Gasteiger partial charge in [0, 0.05) is 17.0 Å². The first-order chi connectivity index (χ1) is 11.5. The van der Waals surface area contributed by atoms with Crippen LogP contribution in [0.15, 0.2) is 18.2 Å². The van der Waals surface area contributed by atoms with E-state index in [2.05, 4.69) is 10.3 Å². The molecule has 1 aliphatic heterocycles. The molecule has 126 valence electrons. The molecule has 0 unspecified atom stereocenters. The monoisotopic (exact) mass is 346 g/mol. The van der Waals surface area contributed by atoms with Gasteiger partial charge in [-0.15, -0.1) is 11.3 Å². The summed E-state index contributed by atoms with van der Waals surface area (Å²) in [7, 11) is 0. The van der Waals surface area contributed by atoms with Gasteiger partial charge in [-0.25, -0.2) is 4.98 Å². The smallest absolute Gasteiger partial charge is 0.265 e. The SMILES string of the molecule is CCN1C(=O)COc2ccc(-c3nc(NC(=O)CN)sc3C)cc21. The lowest BCUT2D eigenvalue weighted by molar-refractivity contribution is -0.121. The molecule has 0 spiro atoms. The van der Waals surface area contributed by atoms with E-state index in [1.54, 1.807) is 4.90 Å². The van der Waals surface area contributed by atoms with Crippen LogP contribution >= 0.6 is 11.3 Å². The minimum Gasteiger partial charge on any atom is -0.482 e. The lowest BCUT2D eigenvalue weighted by Gasteiger charge is -2.28. The average Bonchev–Trinajstić information content (AvgIpc) is 2.94. The first-order valence-electron chi connectivity index (χ1n) is 7.58. The van der Waals surface area contributed by atoms with Crippen LogP contribution in [0.5, 0.6) is 5.75 Å². The lowest BCUT2D eigenvalue weighted by Crippen LogP contribution is -2.38. The van der Waals surface area contributed by atoms with Crippen LogP contribution in [-0.2, 0) is 9.59 Å². The molecule has 2 amide bonds. The quantitative estimate of drug-likeness (QED) is 0.879. The number of aryl methyl sites for hydroxylation is 1. The summed E-state index contributed by atoms with van der Waals surface area (Å²) in [4.78, 5) is 30.5. The number of benzene rings is 1. The fraction of sp³-hybridized carbons (Fsp3) is 0.312. The van der Waals surface area contributed by atoms with Gasteiger partial charge in [-0.2, -0.15) is 0 Å². The van der Waals surface area contributed by atoms with Crippen LogP contribution in [0, 0.1) is 6.92 Å². The van der Waals surface area contributed by atoms with Gasteiger partial charge < -0.3 is 20.7 Å². The second-order valence-electron chi connectivity index (χ2n) is 5.29. The highest BCUT2D eigenvalue weighted by molar-refractivity contribution is 7.16. The highest BCUT2D eigenvalue weighted by Crippen LogP contribution is 2.38. The predicted molar refractivity (Wildman–Crippen MR) is 93.5 cm³/mol. The lowest BCUT2D eigenvalue weighted by atomic mass is 10.1. The second-order valence-corrected chi connectivity index (χ2v) is 6.49. The van der Waals surface area contributed by atoms with E-state index in [0.717, 1.165) is 21.8 Å². The Morgan fingerprint density at radius 3 is 3.00 bits per heavy atom. The number of hydrogen-bond acceptors (Lipinski definition) is 6. The maximum absolute atomic E-state index is 12.0. The Hall–Kier alpha value is -2.45. The Labute approximate surface area is 143 Å². The van der Waals surface area contributed by atoms with E-state index in [0.29, 0.717) is 17.4 Å². The minimum absolute atomic E-state index is 0.0607. The zero-order chi connectivity index (χ0) is 17.3. The molecule has 2 heterocycles. The number of fused-ring (bicyclic) bond motifs is 1. The van der Waals surface area contributed by atoms with Gasteiger partial charge >= 0.3 is 0 Å². The predicted octanol–water partition coefficient (Wildman–Crippen LogP) is 1.76. The maximum Gasteiger partial charge on any atom is 0.265 e. The van der Waals surface area contributed by atoms with Crippen molar-refractivity contribution in [2.45, 2.75) is 13.8 Å². The normalized spacial score (nSPS) is 13.5. The summed E-state index contributed by atoms with van der Waals surface area (Å²) in [6.07, 6.45) is 0. The van der Waals surface area contributed by atoms with Crippen molar-refractivity contribution in [3.05, 3.63) is 23.1 Å². The maximum atomic E-state index is 12.0. The third-order valence-corrected chi connectivity index (χ3v) is 4.61. The summed E-state index contributed by atoms with van der Waals surface area (Å²) in [5.74, 6) is 0.342. The molecule has 1 aromatic carbocycles. The van der Waals surface area contributed by atoms with Gasteiger partial charge in [-0.3, -0.25) is 9.59 Å². The van der Waals surface area contributed by atoms with Crippen LogP contribution in [0.25, 0.3) is 11.3 Å². The van der Waals surface area contributed by atoms with Gasteiger partial charge in [0.1, 0.15) is 5.75 Å². The molecule has 0 saturated heterocycles. The number of thiazole rings is 1. The van der Waals surface area contributed by atoms with E-state index in [4.69, 9.17) is 10.5 Å². The van der Waals surface area contributed by atoms with E-state index < -0.39 is 0 Å². The minimum atomic E-state index is -0.281. The average molecular weight is 346 g/mol. The zero-order valence-electron chi connectivity index (χ0n) is 13.5. The fourth-order valence-corrected chi connectivity index (χ4v) is 3.44. The summed E-state index contributed by atoms with van der Waals surface area (Å²) in [5, 5.41) is 3.18. The van der Waals surface area contributed by atoms with Crippen molar-refractivity contribution in [2.75, 3.05) is 29.9 Å². The number of nitrogens with zero attached hydrogens (tertiary/aromatic N) is 2. The number of ether oxygens (including phenoxy) is 1. The van der Waals surface area contributed by atoms with Crippen molar-refractivity contribution in [3.8, 4) is 17.0 Å². The molecule has 7 nitrogen and oxygen atoms in total. The Kier molecular flexibility index (Phi) is 4.50. The van der Waals surface area contributed by atoms with E-state index >= 15 is 0 Å². The molecule has 0 aliphatic carbocycles. The number of carbonyl (C=O) groups excluding carboxylic acids is 2. The first kappa shape index (κ1) is 16.4. The molecule has 0 bridgehead atoms. The van der Waals surface area contributed by atoms with Crippen LogP contribution < -0.4 is 20.7 Å². The molecule has 24 heavy (non-hydrogen) atoms. The fourth-order valence-electron chi connectivity index (χ4n) is 2.58. The molecule has 0 saturated carbocycles. The summed E-state index contributed by atoms with van der Waals surface area (Å²) in [5.41, 5.74) is 7.69. The highest BCUT2D eigenvalue weighted by Gasteiger charge is 2.25. The number of hydrogen-bond donors (Lipinski definition) is 2. The van der Waals surface area contributed by atoms with Gasteiger partial charge in [0.15, 0.2) is 11.7 Å². The molecule has 0 atom stereocenters. The van der Waals surface area contributed by atoms with Crippen molar-refractivity contribution >= 4 is 34.0 Å². The van der Waals surface area contributed by atoms with Gasteiger partial charge in [0.2, 0.25) is 5.91 Å². The van der Waals surface area contributed by atoms with Crippen LogP contribution in [-0.4, -0.2) is 36.5 Å². The summed E-state index contributed by atoms with van der Waals surface area (Å²) >= 11 is 1.39. The molecule has 2 aromatic rings. The number of carbonyl (C=O) groups is 2. The number of amides is 2. The van der Waals surface area contributed by atoms with Crippen molar-refractivity contribution in [1.82, 2.24) is 4.98 Å². The molecular weight excluding hydrogens is 328 g/mol. The van der Waals surface area contributed by atoms with Gasteiger partial charge in [-0.05, 0) is 32.0 Å². The Morgan fingerprint density at radius 1 is 1.50 bits per heavy atom. The van der Waals surface area contributed by atoms with E-state index in [9.17, 15) is 9.59 Å². The number of anilines is 2. The van der Waals surface area contributed by atoms with Crippen LogP contribution in [0.4, 0.5) is 10.8 Å². The second kappa shape index (κ2) is 6.58. The van der Waals surface area contributed by atoms with Crippen LogP contribution in [0.3, 0.4) is 0 Å². The molecule has 0 radical (unpaired) electrons. The number of nitrogens with two attached hydrogens (primary N) is 1. The molecule has 0 fully saturated rings. The Bertz CT molecular complexity index is 803. The molecular formula is C16H18N4O3S. The largest absolute Gasteiger partial charge is 0.482 e. The van der Waals surface area contributed by atoms with Crippen molar-refractivity contribution in [1.29, 1.82) is 0 Å². The van der Waals surface area contributed by atoms with Crippen molar-refractivity contribution in [3.63, 3.8) is 0 Å². The molecule has 1 aliphatic rings. The number of aromatic nitrogens is 1. The molecule has 3 N–H and O–H groups in total. The number of nitrogens with one attached hydrogen (secondary N) is 1. The van der Waals surface area contributed by atoms with Crippen LogP contribution in [0.2, 0.25) is 0 Å². The third-order valence-electron chi connectivity index (χ3n) is 3.72. The summed E-state index contributed by atoms with van der Waals surface area (Å²) in [6.45, 7) is 4.41. The van der Waals surface area contributed by atoms with Crippen molar-refractivity contribution < 1.29 is 14.3 Å². The topological polar surface area (TPSA) is 97.5 Å². The summed E-state index contributed by atoms with van der Waals surface area (Å²) < 4.78 is 5.48. The third kappa shape index (κ3) is 2.98. The molecule has 3 rings (SSSR count). The van der Waals surface area contributed by atoms with Gasteiger partial charge in [0.25, 0.3) is 5.91 Å². The van der Waals surface area contributed by atoms with Crippen LogP contribution in [0.1, 0.15) is 11.8 Å². The van der Waals surface area contributed by atoms with Gasteiger partial charge in [-0.1, -0.05) is 0 Å². The zero-order valence-corrected chi connectivity index (χ0v) is 14.3. The highest BCUT2D eigenvalue weighted by atomic mass is 32.1. The summed E-state index contributed by atoms with van der Waals surface area (Å²) in [6, 6.07) is 5.64. The first-order valence-corrected chi connectivity index (χ1v) is 8.40. The van der Waals surface area contributed by atoms with Gasteiger partial charge in [0.05, 0.1) is 17.9 Å². The Morgan fingerprint density at radius 2 is 2.29 bits per heavy atom. The standard InChI is InChI=1S/C16H18N4O3S/c1-3-20-11-6-10(4-5-12(11)23-8-14(20)22)15-9(2)24-16(19-15)18-13(21)7-17/h4-6H,3,7-8,17H2,1-2H3,(H,18,19,21).